The van der Waals surface area contributed by atoms with Gasteiger partial charge < -0.3 is 10.2 Å². The molecule has 3 aromatic rings. The molecule has 0 spiro atoms. The van der Waals surface area contributed by atoms with Gasteiger partial charge in [-0.05, 0) is 55.4 Å². The molecule has 1 aliphatic heterocycles. The van der Waals surface area contributed by atoms with Crippen molar-refractivity contribution in [1.82, 2.24) is 19.9 Å². The fourth-order valence-corrected chi connectivity index (χ4v) is 5.39. The average molecular weight is 468 g/mol. The highest BCUT2D eigenvalue weighted by molar-refractivity contribution is 7.15. The number of carbonyl (C=O) groups excluding carboxylic acids is 1. The van der Waals surface area contributed by atoms with Crippen LogP contribution >= 0.6 is 11.3 Å². The van der Waals surface area contributed by atoms with Crippen LogP contribution in [0.2, 0.25) is 0 Å². The monoisotopic (exact) mass is 467 g/mol. The molecule has 6 nitrogen and oxygen atoms in total. The number of likely N-dealkylation sites (tertiary alicyclic amines) is 1. The van der Waals surface area contributed by atoms with Gasteiger partial charge in [-0.2, -0.15) is 0 Å². The molecule has 1 amide bonds. The van der Waals surface area contributed by atoms with Gasteiger partial charge in [0.2, 0.25) is 5.95 Å². The van der Waals surface area contributed by atoms with E-state index < -0.39 is 0 Å². The topological polar surface area (TPSA) is 71.0 Å². The number of nitrogens with one attached hydrogen (secondary N) is 1. The lowest BCUT2D eigenvalue weighted by Crippen LogP contribution is -2.51. The van der Waals surface area contributed by atoms with Crippen LogP contribution in [0.25, 0.3) is 10.4 Å². The average Bonchev–Trinajstić information content (AvgIpc) is 3.24. The van der Waals surface area contributed by atoms with Gasteiger partial charge in [0.15, 0.2) is 0 Å². The lowest BCUT2D eigenvalue weighted by molar-refractivity contribution is 0.0509. The van der Waals surface area contributed by atoms with E-state index in [4.69, 9.17) is 0 Å². The molecule has 174 valence electrons. The van der Waals surface area contributed by atoms with E-state index in [1.165, 1.54) is 23.5 Å². The molecule has 0 unspecified atom stereocenters. The standard InChI is InChI=1S/C25H30FN5OS/c1-4-17-13-27-25(28-14-17)29-15-21-18(5-2)7-6-12-31(21)24(32)22-23(33-16(3)30-22)19-8-10-20(26)11-9-19/h8-11,13-14,18,21H,4-7,12,15H2,1-3H3,(H,27,28,29)/t18-,21-/m0/s1. The van der Waals surface area contributed by atoms with Crippen LogP contribution in [0.5, 0.6) is 0 Å². The van der Waals surface area contributed by atoms with E-state index in [0.717, 1.165) is 46.7 Å². The maximum Gasteiger partial charge on any atom is 0.274 e. The number of anilines is 1. The van der Waals surface area contributed by atoms with Gasteiger partial charge in [0, 0.05) is 25.5 Å². The second kappa shape index (κ2) is 10.4. The smallest absolute Gasteiger partial charge is 0.274 e. The largest absolute Gasteiger partial charge is 0.352 e. The van der Waals surface area contributed by atoms with Gasteiger partial charge >= 0.3 is 0 Å². The number of carbonyl (C=O) groups is 1. The summed E-state index contributed by atoms with van der Waals surface area (Å²) in [4.78, 5) is 30.0. The van der Waals surface area contributed by atoms with E-state index in [1.807, 2.05) is 24.2 Å². The first-order chi connectivity index (χ1) is 16.0. The fourth-order valence-electron chi connectivity index (χ4n) is 4.47. The van der Waals surface area contributed by atoms with Gasteiger partial charge in [-0.1, -0.05) is 32.4 Å². The zero-order chi connectivity index (χ0) is 23.4. The summed E-state index contributed by atoms with van der Waals surface area (Å²) in [5, 5.41) is 4.17. The predicted molar refractivity (Wildman–Crippen MR) is 130 cm³/mol. The maximum atomic E-state index is 13.8. The molecule has 3 heterocycles. The molecule has 8 heteroatoms. The Morgan fingerprint density at radius 2 is 1.94 bits per heavy atom. The first kappa shape index (κ1) is 23.3. The zero-order valence-corrected chi connectivity index (χ0v) is 20.2. The van der Waals surface area contributed by atoms with E-state index in [2.05, 4.69) is 34.1 Å². The summed E-state index contributed by atoms with van der Waals surface area (Å²) >= 11 is 1.47. The van der Waals surface area contributed by atoms with Gasteiger partial charge in [0.1, 0.15) is 11.5 Å². The number of aryl methyl sites for hydroxylation is 2. The van der Waals surface area contributed by atoms with Crippen molar-refractivity contribution in [2.75, 3.05) is 18.4 Å². The Morgan fingerprint density at radius 1 is 1.21 bits per heavy atom. The van der Waals surface area contributed by atoms with Crippen LogP contribution < -0.4 is 5.32 Å². The van der Waals surface area contributed by atoms with Gasteiger partial charge in [-0.25, -0.2) is 19.3 Å². The van der Waals surface area contributed by atoms with Crippen LogP contribution in [-0.4, -0.2) is 44.9 Å². The summed E-state index contributed by atoms with van der Waals surface area (Å²) < 4.78 is 13.5. The second-order valence-corrected chi connectivity index (χ2v) is 9.65. The maximum absolute atomic E-state index is 13.8. The predicted octanol–water partition coefficient (Wildman–Crippen LogP) is 5.35. The number of rotatable bonds is 7. The highest BCUT2D eigenvalue weighted by Gasteiger charge is 2.35. The fraction of sp³-hybridized carbons (Fsp3) is 0.440. The van der Waals surface area contributed by atoms with Crippen molar-refractivity contribution in [1.29, 1.82) is 0 Å². The van der Waals surface area contributed by atoms with E-state index in [1.54, 1.807) is 12.1 Å². The quantitative estimate of drug-likeness (QED) is 0.507. The van der Waals surface area contributed by atoms with Crippen molar-refractivity contribution in [3.63, 3.8) is 0 Å². The van der Waals surface area contributed by atoms with Gasteiger partial charge in [0.25, 0.3) is 5.91 Å². The molecule has 1 aromatic carbocycles. The summed E-state index contributed by atoms with van der Waals surface area (Å²) in [5.74, 6) is 0.608. The van der Waals surface area contributed by atoms with E-state index >= 15 is 0 Å². The number of thiazole rings is 1. The Balaban J connectivity index is 1.58. The van der Waals surface area contributed by atoms with Crippen LogP contribution in [0, 0.1) is 18.7 Å². The molecule has 2 atom stereocenters. The number of piperidine rings is 1. The molecule has 1 N–H and O–H groups in total. The zero-order valence-electron chi connectivity index (χ0n) is 19.3. The van der Waals surface area contributed by atoms with Crippen LogP contribution in [-0.2, 0) is 6.42 Å². The highest BCUT2D eigenvalue weighted by atomic mass is 32.1. The summed E-state index contributed by atoms with van der Waals surface area (Å²) in [6, 6.07) is 6.28. The third-order valence-corrected chi connectivity index (χ3v) is 7.35. The number of nitrogens with zero attached hydrogens (tertiary/aromatic N) is 4. The van der Waals surface area contributed by atoms with Crippen molar-refractivity contribution in [2.24, 2.45) is 5.92 Å². The Kier molecular flexibility index (Phi) is 7.33. The Bertz CT molecular complexity index is 1080. The van der Waals surface area contributed by atoms with Crippen LogP contribution in [0.15, 0.2) is 36.7 Å². The minimum absolute atomic E-state index is 0.0220. The third kappa shape index (κ3) is 5.21. The molecule has 0 saturated carbocycles. The number of hydrogen-bond donors (Lipinski definition) is 1. The van der Waals surface area contributed by atoms with Gasteiger partial charge in [-0.3, -0.25) is 4.79 Å². The van der Waals surface area contributed by atoms with Crippen LogP contribution in [0.3, 0.4) is 0 Å². The van der Waals surface area contributed by atoms with Crippen LogP contribution in [0.1, 0.15) is 54.2 Å². The molecule has 0 aliphatic carbocycles. The molecular weight excluding hydrogens is 437 g/mol. The minimum atomic E-state index is -0.296. The second-order valence-electron chi connectivity index (χ2n) is 8.44. The van der Waals surface area contributed by atoms with Crippen molar-refractivity contribution < 1.29 is 9.18 Å². The SMILES string of the molecule is CCc1cnc(NC[C@H]2[C@@H](CC)CCCN2C(=O)c2nc(C)sc2-c2ccc(F)cc2)nc1. The first-order valence-corrected chi connectivity index (χ1v) is 12.4. The van der Waals surface area contributed by atoms with Crippen molar-refractivity contribution >= 4 is 23.2 Å². The van der Waals surface area contributed by atoms with Crippen LogP contribution in [0.4, 0.5) is 10.3 Å². The first-order valence-electron chi connectivity index (χ1n) is 11.6. The van der Waals surface area contributed by atoms with E-state index in [9.17, 15) is 9.18 Å². The summed E-state index contributed by atoms with van der Waals surface area (Å²) in [7, 11) is 0. The number of halogens is 1. The molecule has 0 radical (unpaired) electrons. The lowest BCUT2D eigenvalue weighted by Gasteiger charge is -2.41. The molecule has 1 fully saturated rings. The molecule has 1 aliphatic rings. The molecule has 2 aromatic heterocycles. The normalized spacial score (nSPS) is 18.4. The molecular formula is C25H30FN5OS. The van der Waals surface area contributed by atoms with E-state index in [0.29, 0.717) is 30.6 Å². The molecule has 1 saturated heterocycles. The van der Waals surface area contributed by atoms with Gasteiger partial charge in [0.05, 0.1) is 15.9 Å². The summed E-state index contributed by atoms with van der Waals surface area (Å²) in [6.07, 6.45) is 7.62. The molecule has 4 rings (SSSR count). The molecule has 33 heavy (non-hydrogen) atoms. The lowest BCUT2D eigenvalue weighted by atomic mass is 9.86. The van der Waals surface area contributed by atoms with Crippen molar-refractivity contribution in [3.05, 3.63) is 58.7 Å². The molecule has 0 bridgehead atoms. The third-order valence-electron chi connectivity index (χ3n) is 6.33. The minimum Gasteiger partial charge on any atom is -0.352 e. The Labute approximate surface area is 198 Å². The van der Waals surface area contributed by atoms with Crippen molar-refractivity contribution in [3.8, 4) is 10.4 Å². The summed E-state index contributed by atoms with van der Waals surface area (Å²) in [5.41, 5.74) is 2.36. The number of aromatic nitrogens is 3. The summed E-state index contributed by atoms with van der Waals surface area (Å²) in [6.45, 7) is 7.43. The number of amides is 1. The van der Waals surface area contributed by atoms with E-state index in [-0.39, 0.29) is 17.8 Å². The van der Waals surface area contributed by atoms with Gasteiger partial charge in [-0.15, -0.1) is 11.3 Å². The van der Waals surface area contributed by atoms with Crippen molar-refractivity contribution in [2.45, 2.75) is 52.5 Å². The Hall–Kier alpha value is -2.87. The Morgan fingerprint density at radius 3 is 2.61 bits per heavy atom. The number of hydrogen-bond acceptors (Lipinski definition) is 6. The highest BCUT2D eigenvalue weighted by Crippen LogP contribution is 2.34. The number of benzene rings is 1.